The van der Waals surface area contributed by atoms with E-state index >= 15 is 0 Å². The maximum Gasteiger partial charge on any atom is 0.490 e. The number of carbonyl (C=O) groups is 2. The Morgan fingerprint density at radius 1 is 1.21 bits per heavy atom. The van der Waals surface area contributed by atoms with Crippen molar-refractivity contribution in [3.8, 4) is 0 Å². The summed E-state index contributed by atoms with van der Waals surface area (Å²) in [4.78, 5) is 34.4. The Morgan fingerprint density at radius 2 is 1.69 bits per heavy atom. The molecule has 0 aliphatic rings. The number of aromatic nitrogens is 2. The van der Waals surface area contributed by atoms with Crippen LogP contribution < -0.4 is 22.8 Å². The second-order valence-corrected chi connectivity index (χ2v) is 4.40. The molecule has 1 heterocycles. The standard InChI is InChI=1S/C5H4F3N3O.C4H5F3O2.C3H7N3O.ClH/c6-5(7,8)4-10-2(9)1-3(12)11-4;1-2-9-3(8)4(5,6)7;4-2(5)1-3(6)7;/h1H,(H3,9,10,11,12);2H2,1H3;1H2,(H3,4,5)(H2,6,7);1H. The number of aromatic amines is 1. The lowest BCUT2D eigenvalue weighted by atomic mass is 10.4. The number of amidine groups is 1. The summed E-state index contributed by atoms with van der Waals surface area (Å²) in [6.45, 7) is 1.06. The summed E-state index contributed by atoms with van der Waals surface area (Å²) < 4.78 is 72.7. The summed E-state index contributed by atoms with van der Waals surface area (Å²) in [5, 5.41) is 6.50. The first kappa shape index (κ1) is 30.7. The van der Waals surface area contributed by atoms with Gasteiger partial charge in [0, 0.05) is 6.07 Å². The van der Waals surface area contributed by atoms with Crippen LogP contribution in [0.3, 0.4) is 0 Å². The van der Waals surface area contributed by atoms with Gasteiger partial charge < -0.3 is 26.9 Å². The Labute approximate surface area is 164 Å². The van der Waals surface area contributed by atoms with Gasteiger partial charge in [0.25, 0.3) is 5.56 Å². The summed E-state index contributed by atoms with van der Waals surface area (Å²) >= 11 is 0. The Kier molecular flexibility index (Phi) is 14.0. The summed E-state index contributed by atoms with van der Waals surface area (Å²) in [6, 6.07) is 0.773. The second-order valence-electron chi connectivity index (χ2n) is 4.40. The minimum absolute atomic E-state index is 0. The van der Waals surface area contributed by atoms with E-state index < -0.39 is 41.4 Å². The molecule has 0 aliphatic carbocycles. The molecule has 1 aromatic heterocycles. The number of esters is 1. The third-order valence-corrected chi connectivity index (χ3v) is 1.90. The van der Waals surface area contributed by atoms with Crippen molar-refractivity contribution in [2.24, 2.45) is 11.5 Å². The van der Waals surface area contributed by atoms with Crippen LogP contribution in [0.4, 0.5) is 32.2 Å². The number of rotatable bonds is 3. The van der Waals surface area contributed by atoms with E-state index in [1.807, 2.05) is 0 Å². The monoisotopic (exact) mass is 458 g/mol. The minimum Gasteiger partial charge on any atom is -0.459 e. The SMILES string of the molecule is CCOC(=O)C(F)(F)F.Cl.N=C(N)CC(N)=O.Nc1cc(=O)[nH]c(C(F)(F)F)n1. The Bertz CT molecular complexity index is 725. The lowest BCUT2D eigenvalue weighted by Gasteiger charge is -2.04. The van der Waals surface area contributed by atoms with Gasteiger partial charge in [-0.05, 0) is 6.92 Å². The maximum absolute atomic E-state index is 11.9. The van der Waals surface area contributed by atoms with E-state index in [2.05, 4.69) is 15.5 Å². The normalized spacial score (nSPS) is 10.2. The largest absolute Gasteiger partial charge is 0.490 e. The first-order chi connectivity index (χ1) is 12.5. The molecule has 0 spiro atoms. The van der Waals surface area contributed by atoms with E-state index in [9.17, 15) is 40.7 Å². The predicted octanol–water partition coefficient (Wildman–Crippen LogP) is 0.702. The van der Waals surface area contributed by atoms with Crippen LogP contribution in [0.5, 0.6) is 0 Å². The van der Waals surface area contributed by atoms with E-state index in [1.54, 1.807) is 0 Å². The lowest BCUT2D eigenvalue weighted by molar-refractivity contribution is -0.199. The van der Waals surface area contributed by atoms with Gasteiger partial charge in [-0.25, -0.2) is 9.78 Å². The molecule has 8 N–H and O–H groups in total. The number of amides is 1. The van der Waals surface area contributed by atoms with Gasteiger partial charge in [0.1, 0.15) is 5.82 Å². The third-order valence-electron chi connectivity index (χ3n) is 1.90. The first-order valence-electron chi connectivity index (χ1n) is 6.79. The van der Waals surface area contributed by atoms with Crippen LogP contribution >= 0.6 is 12.4 Å². The molecule has 0 unspecified atom stereocenters. The highest BCUT2D eigenvalue weighted by Crippen LogP contribution is 2.25. The highest BCUT2D eigenvalue weighted by atomic mass is 35.5. The number of primary amides is 1. The van der Waals surface area contributed by atoms with Crippen molar-refractivity contribution in [3.63, 3.8) is 0 Å². The number of carbonyl (C=O) groups excluding carboxylic acids is 2. The van der Waals surface area contributed by atoms with Gasteiger partial charge >= 0.3 is 18.3 Å². The Hall–Kier alpha value is -3.04. The number of hydrogen-bond acceptors (Lipinski definition) is 7. The predicted molar refractivity (Wildman–Crippen MR) is 89.9 cm³/mol. The van der Waals surface area contributed by atoms with Gasteiger partial charge in [0.05, 0.1) is 18.9 Å². The van der Waals surface area contributed by atoms with Crippen LogP contribution in [-0.2, 0) is 20.5 Å². The summed E-state index contributed by atoms with van der Waals surface area (Å²) in [5.41, 5.74) is 13.4. The highest BCUT2D eigenvalue weighted by molar-refractivity contribution is 5.96. The van der Waals surface area contributed by atoms with E-state index in [4.69, 9.17) is 16.9 Å². The molecule has 1 aromatic rings. The number of nitrogens with one attached hydrogen (secondary N) is 2. The molecule has 0 aliphatic heterocycles. The number of nitrogens with two attached hydrogens (primary N) is 3. The van der Waals surface area contributed by atoms with Gasteiger partial charge in [-0.15, -0.1) is 12.4 Å². The number of alkyl halides is 6. The van der Waals surface area contributed by atoms with Crippen molar-refractivity contribution in [3.05, 3.63) is 22.2 Å². The highest BCUT2D eigenvalue weighted by Gasteiger charge is 2.40. The zero-order valence-electron chi connectivity index (χ0n) is 14.5. The van der Waals surface area contributed by atoms with Crippen molar-refractivity contribution >= 4 is 35.9 Å². The molecular weight excluding hydrogens is 442 g/mol. The number of anilines is 1. The topological polar surface area (TPSA) is 191 Å². The number of H-pyrrole nitrogens is 1. The summed E-state index contributed by atoms with van der Waals surface area (Å²) in [7, 11) is 0. The van der Waals surface area contributed by atoms with Gasteiger partial charge in [-0.2, -0.15) is 26.3 Å². The molecular formula is C12H17ClF6N6O4. The zero-order valence-corrected chi connectivity index (χ0v) is 15.3. The van der Waals surface area contributed by atoms with Crippen molar-refractivity contribution in [2.45, 2.75) is 25.7 Å². The first-order valence-corrected chi connectivity index (χ1v) is 6.79. The fourth-order valence-electron chi connectivity index (χ4n) is 1.01. The quantitative estimate of drug-likeness (QED) is 0.190. The molecule has 0 radical (unpaired) electrons. The molecule has 29 heavy (non-hydrogen) atoms. The van der Waals surface area contributed by atoms with Crippen molar-refractivity contribution in [1.82, 2.24) is 9.97 Å². The number of ether oxygens (including phenoxy) is 1. The molecule has 168 valence electrons. The average molecular weight is 459 g/mol. The molecule has 17 heteroatoms. The third kappa shape index (κ3) is 16.8. The van der Waals surface area contributed by atoms with Crippen LogP contribution in [0.1, 0.15) is 19.2 Å². The van der Waals surface area contributed by atoms with Gasteiger partial charge in [0.2, 0.25) is 11.7 Å². The summed E-state index contributed by atoms with van der Waals surface area (Å²) in [5.74, 6) is -4.72. The van der Waals surface area contributed by atoms with Crippen molar-refractivity contribution in [2.75, 3.05) is 12.3 Å². The van der Waals surface area contributed by atoms with Crippen LogP contribution in [0.2, 0.25) is 0 Å². The molecule has 0 saturated carbocycles. The molecule has 0 saturated heterocycles. The van der Waals surface area contributed by atoms with Crippen LogP contribution in [-0.4, -0.2) is 40.5 Å². The van der Waals surface area contributed by atoms with Gasteiger partial charge in [0.15, 0.2) is 0 Å². The average Bonchev–Trinajstić information content (AvgIpc) is 2.44. The Balaban J connectivity index is -0.000000358. The fraction of sp³-hybridized carbons (Fsp3) is 0.417. The number of nitrogens with zero attached hydrogens (tertiary/aromatic N) is 1. The smallest absolute Gasteiger partial charge is 0.459 e. The maximum atomic E-state index is 11.9. The van der Waals surface area contributed by atoms with Crippen LogP contribution in [0, 0.1) is 5.41 Å². The van der Waals surface area contributed by atoms with Crippen LogP contribution in [0.25, 0.3) is 0 Å². The van der Waals surface area contributed by atoms with Crippen LogP contribution in [0.15, 0.2) is 10.9 Å². The fourth-order valence-corrected chi connectivity index (χ4v) is 1.01. The van der Waals surface area contributed by atoms with Gasteiger partial charge in [-0.1, -0.05) is 0 Å². The van der Waals surface area contributed by atoms with Crippen molar-refractivity contribution in [1.29, 1.82) is 5.41 Å². The zero-order chi connectivity index (χ0) is 22.7. The van der Waals surface area contributed by atoms with E-state index in [0.29, 0.717) is 0 Å². The lowest BCUT2D eigenvalue weighted by Crippen LogP contribution is -2.25. The molecule has 0 atom stereocenters. The van der Waals surface area contributed by atoms with E-state index in [-0.39, 0.29) is 31.3 Å². The number of nitrogen functional groups attached to an aromatic ring is 1. The molecule has 0 fully saturated rings. The number of halogens is 7. The molecule has 1 amide bonds. The molecule has 10 nitrogen and oxygen atoms in total. The molecule has 0 aromatic carbocycles. The van der Waals surface area contributed by atoms with Gasteiger partial charge in [-0.3, -0.25) is 15.0 Å². The molecule has 0 bridgehead atoms. The molecule has 1 rings (SSSR count). The Morgan fingerprint density at radius 3 is 1.90 bits per heavy atom. The minimum atomic E-state index is -4.85. The van der Waals surface area contributed by atoms with E-state index in [0.717, 1.165) is 6.07 Å². The second kappa shape index (κ2) is 13.2. The van der Waals surface area contributed by atoms with Crippen molar-refractivity contribution < 1.29 is 40.7 Å². The van der Waals surface area contributed by atoms with E-state index in [1.165, 1.54) is 11.9 Å². The number of hydrogen-bond donors (Lipinski definition) is 5. The summed E-state index contributed by atoms with van der Waals surface area (Å²) in [6.07, 6.45) is -9.66.